The lowest BCUT2D eigenvalue weighted by Gasteiger charge is -2.17. The lowest BCUT2D eigenvalue weighted by molar-refractivity contribution is 0.0698. The number of carbonyl (C=O) groups is 1. The number of carboxylic acid groups (broad SMARTS) is 1. The van der Waals surface area contributed by atoms with Gasteiger partial charge >= 0.3 is 5.97 Å². The number of aromatic nitrogens is 1. The van der Waals surface area contributed by atoms with Crippen LogP contribution in [0.5, 0.6) is 0 Å². The van der Waals surface area contributed by atoms with Crippen LogP contribution < -0.4 is 0 Å². The first-order chi connectivity index (χ1) is 12.2. The molecule has 1 heterocycles. The maximum Gasteiger partial charge on any atom is 0.337 e. The molecule has 2 aromatic carbocycles. The Bertz CT molecular complexity index is 987. The Hall–Kier alpha value is -3.08. The molecule has 0 saturated carbocycles. The zero-order valence-electron chi connectivity index (χ0n) is 13.6. The van der Waals surface area contributed by atoms with Crippen LogP contribution in [0.2, 0.25) is 0 Å². The molecule has 0 spiro atoms. The number of rotatable bonds is 3. The Balaban J connectivity index is 2.04. The number of hydrogen-bond acceptors (Lipinski definition) is 3. The molecule has 0 amide bonds. The number of para-hydroxylation sites is 1. The van der Waals surface area contributed by atoms with Gasteiger partial charge in [-0.05, 0) is 30.9 Å². The molecule has 4 rings (SSSR count). The predicted molar refractivity (Wildman–Crippen MR) is 95.7 cm³/mol. The van der Waals surface area contributed by atoms with Gasteiger partial charge in [0.05, 0.1) is 16.8 Å². The van der Waals surface area contributed by atoms with Gasteiger partial charge in [0, 0.05) is 23.2 Å². The smallest absolute Gasteiger partial charge is 0.337 e. The molecule has 1 aliphatic rings. The van der Waals surface area contributed by atoms with Crippen LogP contribution in [-0.4, -0.2) is 26.6 Å². The van der Waals surface area contributed by atoms with Crippen LogP contribution in [0.15, 0.2) is 53.7 Å². The predicted octanol–water partition coefficient (Wildman–Crippen LogP) is 3.90. The van der Waals surface area contributed by atoms with Crippen LogP contribution in [0.25, 0.3) is 10.9 Å². The molecule has 0 bridgehead atoms. The van der Waals surface area contributed by atoms with E-state index >= 15 is 0 Å². The molecule has 1 aliphatic carbocycles. The highest BCUT2D eigenvalue weighted by Crippen LogP contribution is 2.35. The third-order valence-electron chi connectivity index (χ3n) is 4.84. The lowest BCUT2D eigenvalue weighted by atomic mass is 9.93. The minimum atomic E-state index is -0.947. The van der Waals surface area contributed by atoms with E-state index in [1.807, 2.05) is 36.4 Å². The first-order valence-corrected chi connectivity index (χ1v) is 8.33. The van der Waals surface area contributed by atoms with Gasteiger partial charge in [-0.25, -0.2) is 4.79 Å². The summed E-state index contributed by atoms with van der Waals surface area (Å²) < 4.78 is 2.08. The largest absolute Gasteiger partial charge is 0.478 e. The van der Waals surface area contributed by atoms with E-state index < -0.39 is 5.97 Å². The summed E-state index contributed by atoms with van der Waals surface area (Å²) in [6.45, 7) is 0.593. The van der Waals surface area contributed by atoms with Crippen molar-refractivity contribution in [2.75, 3.05) is 0 Å². The van der Waals surface area contributed by atoms with Crippen molar-refractivity contribution >= 4 is 22.6 Å². The number of carboxylic acids is 1. The highest BCUT2D eigenvalue weighted by Gasteiger charge is 2.27. The number of fused-ring (bicyclic) bond motifs is 3. The zero-order chi connectivity index (χ0) is 17.4. The number of hydrogen-bond donors (Lipinski definition) is 2. The molecular formula is C20H18N2O3. The molecular weight excluding hydrogens is 316 g/mol. The summed E-state index contributed by atoms with van der Waals surface area (Å²) in [6, 6.07) is 15.3. The van der Waals surface area contributed by atoms with E-state index in [4.69, 9.17) is 0 Å². The van der Waals surface area contributed by atoms with Gasteiger partial charge in [0.2, 0.25) is 0 Å². The maximum atomic E-state index is 11.8. The second-order valence-electron chi connectivity index (χ2n) is 6.30. The molecule has 0 fully saturated rings. The standard InChI is InChI=1S/C20H18N2O3/c23-20(24)15-9-4-8-14-18-16(21-25)10-5-11-17(18)22(19(14)15)12-13-6-2-1-3-7-13/h1-4,6-9,25H,5,10-12H2,(H,23,24). The molecule has 0 radical (unpaired) electrons. The molecule has 25 heavy (non-hydrogen) atoms. The molecule has 3 aromatic rings. The Morgan fingerprint density at radius 2 is 1.88 bits per heavy atom. The second-order valence-corrected chi connectivity index (χ2v) is 6.30. The van der Waals surface area contributed by atoms with Crippen molar-refractivity contribution in [1.29, 1.82) is 0 Å². The average Bonchev–Trinajstić information content (AvgIpc) is 2.96. The highest BCUT2D eigenvalue weighted by atomic mass is 16.4. The first kappa shape index (κ1) is 15.4. The van der Waals surface area contributed by atoms with Crippen molar-refractivity contribution in [3.8, 4) is 0 Å². The van der Waals surface area contributed by atoms with E-state index in [1.54, 1.807) is 12.1 Å². The van der Waals surface area contributed by atoms with Gasteiger partial charge in [0.1, 0.15) is 0 Å². The zero-order valence-corrected chi connectivity index (χ0v) is 13.6. The molecule has 5 nitrogen and oxygen atoms in total. The third-order valence-corrected chi connectivity index (χ3v) is 4.84. The summed E-state index contributed by atoms with van der Waals surface area (Å²) in [5.41, 5.74) is 4.66. The third kappa shape index (κ3) is 2.48. The van der Waals surface area contributed by atoms with Crippen LogP contribution in [0.3, 0.4) is 0 Å². The van der Waals surface area contributed by atoms with Crippen molar-refractivity contribution < 1.29 is 15.1 Å². The SMILES string of the molecule is O=C(O)c1cccc2c3c(n(Cc4ccccc4)c12)CCCC3=NO. The summed E-state index contributed by atoms with van der Waals surface area (Å²) >= 11 is 0. The van der Waals surface area contributed by atoms with Gasteiger partial charge in [-0.15, -0.1) is 0 Å². The van der Waals surface area contributed by atoms with Gasteiger partial charge < -0.3 is 14.9 Å². The fraction of sp³-hybridized carbons (Fsp3) is 0.200. The van der Waals surface area contributed by atoms with Crippen molar-refractivity contribution in [3.05, 3.63) is 70.9 Å². The molecule has 0 unspecified atom stereocenters. The van der Waals surface area contributed by atoms with Gasteiger partial charge in [-0.1, -0.05) is 47.6 Å². The van der Waals surface area contributed by atoms with E-state index in [0.29, 0.717) is 24.2 Å². The minimum Gasteiger partial charge on any atom is -0.478 e. The van der Waals surface area contributed by atoms with E-state index in [2.05, 4.69) is 9.72 Å². The number of aromatic carboxylic acids is 1. The molecule has 1 aromatic heterocycles. The van der Waals surface area contributed by atoms with Crippen molar-refractivity contribution in [2.45, 2.75) is 25.8 Å². The highest BCUT2D eigenvalue weighted by molar-refractivity contribution is 6.16. The molecule has 0 aliphatic heterocycles. The summed E-state index contributed by atoms with van der Waals surface area (Å²) in [5.74, 6) is -0.947. The molecule has 0 saturated heterocycles. The van der Waals surface area contributed by atoms with Crippen molar-refractivity contribution in [3.63, 3.8) is 0 Å². The van der Waals surface area contributed by atoms with Gasteiger partial charge in [0.15, 0.2) is 0 Å². The number of benzene rings is 2. The second kappa shape index (κ2) is 6.09. The van der Waals surface area contributed by atoms with Gasteiger partial charge in [-0.3, -0.25) is 0 Å². The summed E-state index contributed by atoms with van der Waals surface area (Å²) in [4.78, 5) is 11.8. The Kier molecular flexibility index (Phi) is 3.76. The fourth-order valence-corrected chi connectivity index (χ4v) is 3.80. The van der Waals surface area contributed by atoms with E-state index in [1.165, 1.54) is 0 Å². The van der Waals surface area contributed by atoms with Crippen LogP contribution in [0.4, 0.5) is 0 Å². The van der Waals surface area contributed by atoms with Crippen LogP contribution >= 0.6 is 0 Å². The summed E-state index contributed by atoms with van der Waals surface area (Å²) in [5, 5.41) is 23.4. The topological polar surface area (TPSA) is 74.8 Å². The van der Waals surface area contributed by atoms with Crippen LogP contribution in [-0.2, 0) is 13.0 Å². The van der Waals surface area contributed by atoms with E-state index in [0.717, 1.165) is 35.0 Å². The summed E-state index contributed by atoms with van der Waals surface area (Å²) in [7, 11) is 0. The first-order valence-electron chi connectivity index (χ1n) is 8.33. The Labute approximate surface area is 144 Å². The normalized spacial score (nSPS) is 15.4. The molecule has 0 atom stereocenters. The summed E-state index contributed by atoms with van der Waals surface area (Å²) in [6.07, 6.45) is 2.43. The molecule has 2 N–H and O–H groups in total. The van der Waals surface area contributed by atoms with Gasteiger partial charge in [0.25, 0.3) is 0 Å². The molecule has 126 valence electrons. The monoisotopic (exact) mass is 334 g/mol. The molecule has 5 heteroatoms. The van der Waals surface area contributed by atoms with E-state index in [-0.39, 0.29) is 5.56 Å². The van der Waals surface area contributed by atoms with Gasteiger partial charge in [-0.2, -0.15) is 0 Å². The quantitative estimate of drug-likeness (QED) is 0.563. The Morgan fingerprint density at radius 3 is 2.60 bits per heavy atom. The van der Waals surface area contributed by atoms with E-state index in [9.17, 15) is 15.1 Å². The van der Waals surface area contributed by atoms with Crippen LogP contribution in [0.1, 0.15) is 40.0 Å². The number of nitrogens with zero attached hydrogens (tertiary/aromatic N) is 2. The number of oxime groups is 1. The lowest BCUT2D eigenvalue weighted by Crippen LogP contribution is -2.15. The Morgan fingerprint density at radius 1 is 1.08 bits per heavy atom. The fourth-order valence-electron chi connectivity index (χ4n) is 3.80. The van der Waals surface area contributed by atoms with Crippen LogP contribution in [0, 0.1) is 0 Å². The average molecular weight is 334 g/mol. The minimum absolute atomic E-state index is 0.278. The van der Waals surface area contributed by atoms with Crippen molar-refractivity contribution in [2.24, 2.45) is 5.16 Å². The van der Waals surface area contributed by atoms with Crippen molar-refractivity contribution in [1.82, 2.24) is 4.57 Å². The maximum absolute atomic E-state index is 11.8.